The van der Waals surface area contributed by atoms with Gasteiger partial charge in [-0.3, -0.25) is 14.5 Å². The lowest BCUT2D eigenvalue weighted by atomic mass is 10.1. The highest BCUT2D eigenvalue weighted by molar-refractivity contribution is 7.14. The number of anilines is 2. The third-order valence-electron chi connectivity index (χ3n) is 5.05. The summed E-state index contributed by atoms with van der Waals surface area (Å²) in [6, 6.07) is 7.59. The molecule has 1 aliphatic heterocycles. The Bertz CT molecular complexity index is 1250. The second-order valence-electron chi connectivity index (χ2n) is 7.52. The summed E-state index contributed by atoms with van der Waals surface area (Å²) in [5.41, 5.74) is 0.0448. The van der Waals surface area contributed by atoms with E-state index in [-0.39, 0.29) is 33.6 Å². The van der Waals surface area contributed by atoms with E-state index in [2.05, 4.69) is 9.72 Å². The first-order chi connectivity index (χ1) is 16.5. The molecule has 3 aromatic rings. The number of carbonyl (C=O) groups excluding carboxylic acids is 2. The largest absolute Gasteiger partial charge is 0.573 e. The molecule has 13 heteroatoms. The summed E-state index contributed by atoms with van der Waals surface area (Å²) in [4.78, 5) is 32.9. The zero-order chi connectivity index (χ0) is 25.3. The minimum atomic E-state index is -4.90. The van der Waals surface area contributed by atoms with E-state index in [1.54, 1.807) is 0 Å². The number of thiazole rings is 1. The van der Waals surface area contributed by atoms with Crippen LogP contribution in [-0.4, -0.2) is 52.4 Å². The van der Waals surface area contributed by atoms with Crippen LogP contribution in [0.3, 0.4) is 0 Å². The Kier molecular flexibility index (Phi) is 6.97. The van der Waals surface area contributed by atoms with Gasteiger partial charge in [-0.2, -0.15) is 0 Å². The molecule has 2 heterocycles. The van der Waals surface area contributed by atoms with Gasteiger partial charge in [-0.1, -0.05) is 11.6 Å². The van der Waals surface area contributed by atoms with Crippen LogP contribution in [-0.2, 0) is 0 Å². The van der Waals surface area contributed by atoms with Gasteiger partial charge in [0, 0.05) is 18.5 Å². The molecule has 1 aromatic heterocycles. The first kappa shape index (κ1) is 24.9. The Morgan fingerprint density at radius 1 is 1.20 bits per heavy atom. The van der Waals surface area contributed by atoms with Gasteiger partial charge in [0.25, 0.3) is 11.8 Å². The van der Waals surface area contributed by atoms with Gasteiger partial charge in [0.15, 0.2) is 5.13 Å². The number of ether oxygens (including phenoxy) is 1. The lowest BCUT2D eigenvalue weighted by Crippen LogP contribution is -2.30. The van der Waals surface area contributed by atoms with Gasteiger partial charge in [0.1, 0.15) is 17.3 Å². The molecule has 2 aromatic carbocycles. The molecule has 35 heavy (non-hydrogen) atoms. The summed E-state index contributed by atoms with van der Waals surface area (Å²) >= 11 is 7.00. The molecular weight excluding hydrogens is 514 g/mol. The fourth-order valence-corrected chi connectivity index (χ4v) is 4.51. The molecule has 1 saturated heterocycles. The highest BCUT2D eigenvalue weighted by Crippen LogP contribution is 2.34. The van der Waals surface area contributed by atoms with Crippen molar-refractivity contribution in [2.24, 2.45) is 0 Å². The van der Waals surface area contributed by atoms with E-state index in [0.717, 1.165) is 40.5 Å². The minimum absolute atomic E-state index is 0.0270. The van der Waals surface area contributed by atoms with Crippen LogP contribution in [0.1, 0.15) is 27.3 Å². The second-order valence-corrected chi connectivity index (χ2v) is 8.76. The van der Waals surface area contributed by atoms with E-state index < -0.39 is 35.8 Å². The molecule has 0 aliphatic carbocycles. The SMILES string of the molecule is O=C(c1csc(N(C(=O)c2ccc(F)cc2Cl)c2ccc(OC(F)(F)F)cc2)n1)N1CC[C@@H](O)C1. The number of aliphatic hydroxyl groups is 1. The molecule has 2 amide bonds. The fraction of sp³-hybridized carbons (Fsp3) is 0.227. The molecule has 1 N–H and O–H groups in total. The molecule has 1 fully saturated rings. The molecule has 0 radical (unpaired) electrons. The van der Waals surface area contributed by atoms with E-state index in [1.807, 2.05) is 0 Å². The number of halogens is 5. The predicted octanol–water partition coefficient (Wildman–Crippen LogP) is 5.02. The zero-order valence-electron chi connectivity index (χ0n) is 17.6. The van der Waals surface area contributed by atoms with Crippen LogP contribution in [0.15, 0.2) is 47.8 Å². The number of alkyl halides is 3. The van der Waals surface area contributed by atoms with Crippen molar-refractivity contribution in [1.29, 1.82) is 0 Å². The van der Waals surface area contributed by atoms with E-state index in [4.69, 9.17) is 11.6 Å². The minimum Gasteiger partial charge on any atom is -0.406 e. The number of nitrogens with zero attached hydrogens (tertiary/aromatic N) is 3. The number of hydrogen-bond donors (Lipinski definition) is 1. The molecular formula is C22H16ClF4N3O4S. The van der Waals surface area contributed by atoms with Gasteiger partial charge in [-0.05, 0) is 48.9 Å². The molecule has 4 rings (SSSR count). The van der Waals surface area contributed by atoms with Crippen LogP contribution in [0.4, 0.5) is 28.4 Å². The summed E-state index contributed by atoms with van der Waals surface area (Å²) in [6.07, 6.45) is -5.09. The molecule has 0 spiro atoms. The summed E-state index contributed by atoms with van der Waals surface area (Å²) in [5.74, 6) is -2.35. The predicted molar refractivity (Wildman–Crippen MR) is 120 cm³/mol. The first-order valence-electron chi connectivity index (χ1n) is 10.1. The number of amides is 2. The van der Waals surface area contributed by atoms with Crippen molar-refractivity contribution in [2.45, 2.75) is 18.9 Å². The number of aromatic nitrogens is 1. The highest BCUT2D eigenvalue weighted by Gasteiger charge is 2.32. The van der Waals surface area contributed by atoms with E-state index in [1.165, 1.54) is 28.5 Å². The monoisotopic (exact) mass is 529 g/mol. The van der Waals surface area contributed by atoms with Crippen molar-refractivity contribution in [3.8, 4) is 5.75 Å². The lowest BCUT2D eigenvalue weighted by Gasteiger charge is -2.21. The van der Waals surface area contributed by atoms with Gasteiger partial charge in [0.05, 0.1) is 22.4 Å². The van der Waals surface area contributed by atoms with Crippen LogP contribution in [0.2, 0.25) is 5.02 Å². The average molecular weight is 530 g/mol. The molecule has 184 valence electrons. The number of carbonyl (C=O) groups is 2. The molecule has 1 aliphatic rings. The molecule has 0 unspecified atom stereocenters. The van der Waals surface area contributed by atoms with Crippen LogP contribution in [0.25, 0.3) is 0 Å². The van der Waals surface area contributed by atoms with Crippen molar-refractivity contribution >= 4 is 45.6 Å². The number of aliphatic hydroxyl groups excluding tert-OH is 1. The second kappa shape index (κ2) is 9.80. The number of benzene rings is 2. The number of hydrogen-bond acceptors (Lipinski definition) is 6. The fourth-order valence-electron chi connectivity index (χ4n) is 3.45. The third kappa shape index (κ3) is 5.72. The number of rotatable bonds is 5. The maximum atomic E-state index is 13.5. The van der Waals surface area contributed by atoms with Crippen LogP contribution in [0.5, 0.6) is 5.75 Å². The average Bonchev–Trinajstić information content (AvgIpc) is 3.43. The van der Waals surface area contributed by atoms with Crippen molar-refractivity contribution in [3.63, 3.8) is 0 Å². The third-order valence-corrected chi connectivity index (χ3v) is 6.18. The zero-order valence-corrected chi connectivity index (χ0v) is 19.2. The van der Waals surface area contributed by atoms with Gasteiger partial charge in [-0.15, -0.1) is 24.5 Å². The van der Waals surface area contributed by atoms with Gasteiger partial charge in [0.2, 0.25) is 0 Å². The standard InChI is InChI=1S/C22H16ClF4N3O4S/c23-17-9-12(24)1-6-16(17)19(32)30(13-2-4-15(5-3-13)34-22(25,26)27)21-28-18(11-35-21)20(33)29-8-7-14(31)10-29/h1-6,9,11,14,31H,7-8,10H2/t14-/m1/s1. The summed E-state index contributed by atoms with van der Waals surface area (Å²) in [7, 11) is 0. The molecule has 0 saturated carbocycles. The number of likely N-dealkylation sites (tertiary alicyclic amines) is 1. The van der Waals surface area contributed by atoms with E-state index >= 15 is 0 Å². The van der Waals surface area contributed by atoms with E-state index in [9.17, 15) is 32.3 Å². The van der Waals surface area contributed by atoms with Gasteiger partial charge >= 0.3 is 6.36 Å². The molecule has 7 nitrogen and oxygen atoms in total. The Hall–Kier alpha value is -3.22. The van der Waals surface area contributed by atoms with Crippen LogP contribution >= 0.6 is 22.9 Å². The quantitative estimate of drug-likeness (QED) is 0.469. The molecule has 1 atom stereocenters. The normalized spacial score (nSPS) is 15.8. The summed E-state index contributed by atoms with van der Waals surface area (Å²) in [5, 5.41) is 11.0. The highest BCUT2D eigenvalue weighted by atomic mass is 35.5. The van der Waals surface area contributed by atoms with Gasteiger partial charge in [-0.25, -0.2) is 9.37 Å². The lowest BCUT2D eigenvalue weighted by molar-refractivity contribution is -0.274. The summed E-state index contributed by atoms with van der Waals surface area (Å²) in [6.45, 7) is 0.502. The topological polar surface area (TPSA) is 83.0 Å². The molecule has 0 bridgehead atoms. The summed E-state index contributed by atoms with van der Waals surface area (Å²) < 4.78 is 55.0. The Balaban J connectivity index is 1.70. The van der Waals surface area contributed by atoms with E-state index in [0.29, 0.717) is 13.0 Å². The number of β-amino-alcohol motifs (C(OH)–C–C–N with tert-alkyl or cyclic N) is 1. The van der Waals surface area contributed by atoms with Crippen molar-refractivity contribution in [2.75, 3.05) is 18.0 Å². The Morgan fingerprint density at radius 3 is 2.51 bits per heavy atom. The van der Waals surface area contributed by atoms with Crippen LogP contribution < -0.4 is 9.64 Å². The van der Waals surface area contributed by atoms with Crippen molar-refractivity contribution in [3.05, 3.63) is 69.9 Å². The first-order valence-corrected chi connectivity index (χ1v) is 11.4. The Morgan fingerprint density at radius 2 is 1.91 bits per heavy atom. The Labute approximate surface area is 205 Å². The van der Waals surface area contributed by atoms with Crippen molar-refractivity contribution < 1.29 is 37.0 Å². The van der Waals surface area contributed by atoms with Crippen molar-refractivity contribution in [1.82, 2.24) is 9.88 Å². The maximum Gasteiger partial charge on any atom is 0.573 e. The maximum absolute atomic E-state index is 13.5. The van der Waals surface area contributed by atoms with Crippen LogP contribution in [0, 0.1) is 5.82 Å². The smallest absolute Gasteiger partial charge is 0.406 e. The van der Waals surface area contributed by atoms with Gasteiger partial charge < -0.3 is 14.7 Å².